The van der Waals surface area contributed by atoms with Crippen molar-refractivity contribution in [1.82, 2.24) is 4.90 Å². The van der Waals surface area contributed by atoms with Gasteiger partial charge in [0.25, 0.3) is 0 Å². The normalized spacial score (nSPS) is 32.8. The minimum atomic E-state index is 0.423. The molecule has 1 unspecified atom stereocenters. The lowest BCUT2D eigenvalue weighted by Gasteiger charge is -2.36. The van der Waals surface area contributed by atoms with Crippen molar-refractivity contribution in [1.29, 1.82) is 0 Å². The van der Waals surface area contributed by atoms with Gasteiger partial charge in [0.05, 0.1) is 0 Å². The predicted molar refractivity (Wildman–Crippen MR) is 61.9 cm³/mol. The van der Waals surface area contributed by atoms with Crippen LogP contribution in [0.4, 0.5) is 0 Å². The van der Waals surface area contributed by atoms with Crippen LogP contribution in [0, 0.1) is 0 Å². The molecule has 0 spiro atoms. The molecule has 0 amide bonds. The lowest BCUT2D eigenvalue weighted by molar-refractivity contribution is 0.151. The van der Waals surface area contributed by atoms with Crippen molar-refractivity contribution in [2.24, 2.45) is 0 Å². The van der Waals surface area contributed by atoms with Crippen LogP contribution in [0.25, 0.3) is 0 Å². The number of likely N-dealkylation sites (tertiary alicyclic amines) is 1. The van der Waals surface area contributed by atoms with Gasteiger partial charge in [-0.3, -0.25) is 4.90 Å². The van der Waals surface area contributed by atoms with Gasteiger partial charge in [0.1, 0.15) is 0 Å². The van der Waals surface area contributed by atoms with Gasteiger partial charge in [0.2, 0.25) is 0 Å². The number of nitrogens with zero attached hydrogens (tertiary/aromatic N) is 1. The Morgan fingerprint density at radius 2 is 1.57 bits per heavy atom. The molecule has 1 nitrogen and oxygen atoms in total. The molecule has 0 bridgehead atoms. The summed E-state index contributed by atoms with van der Waals surface area (Å²) in [5.41, 5.74) is 0. The highest BCUT2D eigenvalue weighted by Gasteiger charge is 2.24. The van der Waals surface area contributed by atoms with Crippen molar-refractivity contribution in [2.75, 3.05) is 13.1 Å². The molecule has 0 radical (unpaired) electrons. The maximum atomic E-state index is 6.23. The smallest absolute Gasteiger partial charge is 0.0463 e. The molecule has 2 aliphatic rings. The fourth-order valence-electron chi connectivity index (χ4n) is 2.91. The lowest BCUT2D eigenvalue weighted by Crippen LogP contribution is -2.42. The second-order valence-corrected chi connectivity index (χ2v) is 5.50. The summed E-state index contributed by atoms with van der Waals surface area (Å²) < 4.78 is 0. The summed E-state index contributed by atoms with van der Waals surface area (Å²) in [7, 11) is 0. The van der Waals surface area contributed by atoms with Crippen molar-refractivity contribution in [3.63, 3.8) is 0 Å². The molecule has 82 valence electrons. The Balaban J connectivity index is 1.85. The molecule has 0 aromatic heterocycles. The number of alkyl halides is 1. The number of rotatable bonds is 1. The van der Waals surface area contributed by atoms with Crippen LogP contribution in [0.3, 0.4) is 0 Å². The molecule has 2 heteroatoms. The fraction of sp³-hybridized carbons (Fsp3) is 1.00. The molecule has 2 rings (SSSR count). The number of piperidine rings is 1. The zero-order valence-electron chi connectivity index (χ0n) is 9.05. The van der Waals surface area contributed by atoms with Crippen LogP contribution in [-0.4, -0.2) is 29.4 Å². The zero-order valence-corrected chi connectivity index (χ0v) is 9.81. The molecule has 1 saturated heterocycles. The van der Waals surface area contributed by atoms with Crippen LogP contribution in [0.15, 0.2) is 0 Å². The molecule has 1 atom stereocenters. The third kappa shape index (κ3) is 2.87. The average Bonchev–Trinajstić information content (AvgIpc) is 2.45. The molecule has 14 heavy (non-hydrogen) atoms. The Kier molecular flexibility index (Phi) is 4.12. The SMILES string of the molecule is ClC1CCCN(C2CCCCCC2)C1. The second kappa shape index (κ2) is 5.37. The first-order valence-electron chi connectivity index (χ1n) is 6.24. The topological polar surface area (TPSA) is 3.24 Å². The molecule has 0 aromatic carbocycles. The summed E-state index contributed by atoms with van der Waals surface area (Å²) in [5.74, 6) is 0. The summed E-state index contributed by atoms with van der Waals surface area (Å²) in [4.78, 5) is 2.66. The van der Waals surface area contributed by atoms with E-state index in [0.717, 1.165) is 12.6 Å². The first-order valence-corrected chi connectivity index (χ1v) is 6.68. The van der Waals surface area contributed by atoms with E-state index in [4.69, 9.17) is 11.6 Å². The monoisotopic (exact) mass is 215 g/mol. The van der Waals surface area contributed by atoms with Gasteiger partial charge in [0, 0.05) is 18.0 Å². The van der Waals surface area contributed by atoms with E-state index in [1.165, 1.54) is 57.9 Å². The molecule has 1 saturated carbocycles. The van der Waals surface area contributed by atoms with Crippen molar-refractivity contribution in [2.45, 2.75) is 62.8 Å². The van der Waals surface area contributed by atoms with Gasteiger partial charge in [-0.15, -0.1) is 11.6 Å². The van der Waals surface area contributed by atoms with Gasteiger partial charge in [0.15, 0.2) is 0 Å². The van der Waals surface area contributed by atoms with E-state index >= 15 is 0 Å². The standard InChI is InChI=1S/C12H22ClN/c13-11-6-5-9-14(10-11)12-7-3-1-2-4-8-12/h11-12H,1-10H2. The van der Waals surface area contributed by atoms with Gasteiger partial charge >= 0.3 is 0 Å². The van der Waals surface area contributed by atoms with E-state index in [2.05, 4.69) is 4.90 Å². The van der Waals surface area contributed by atoms with Crippen molar-refractivity contribution in [3.8, 4) is 0 Å². The molecular formula is C12H22ClN. The van der Waals surface area contributed by atoms with Crippen molar-refractivity contribution in [3.05, 3.63) is 0 Å². The number of hydrogen-bond acceptors (Lipinski definition) is 1. The Bertz CT molecular complexity index is 164. The second-order valence-electron chi connectivity index (χ2n) is 4.88. The summed E-state index contributed by atoms with van der Waals surface area (Å²) in [6.07, 6.45) is 11.2. The summed E-state index contributed by atoms with van der Waals surface area (Å²) in [5, 5.41) is 0.423. The van der Waals surface area contributed by atoms with Gasteiger partial charge in [-0.05, 0) is 32.2 Å². The zero-order chi connectivity index (χ0) is 9.80. The van der Waals surface area contributed by atoms with E-state index in [0.29, 0.717) is 5.38 Å². The average molecular weight is 216 g/mol. The largest absolute Gasteiger partial charge is 0.299 e. The van der Waals surface area contributed by atoms with E-state index in [1.807, 2.05) is 0 Å². The Hall–Kier alpha value is 0.250. The fourth-order valence-corrected chi connectivity index (χ4v) is 3.24. The maximum absolute atomic E-state index is 6.23. The van der Waals surface area contributed by atoms with Crippen LogP contribution in [-0.2, 0) is 0 Å². The molecule has 1 aliphatic heterocycles. The lowest BCUT2D eigenvalue weighted by atomic mass is 10.0. The van der Waals surface area contributed by atoms with Crippen LogP contribution < -0.4 is 0 Å². The maximum Gasteiger partial charge on any atom is 0.0463 e. The third-order valence-electron chi connectivity index (χ3n) is 3.74. The van der Waals surface area contributed by atoms with Gasteiger partial charge in [-0.1, -0.05) is 25.7 Å². The van der Waals surface area contributed by atoms with Crippen molar-refractivity contribution >= 4 is 11.6 Å². The highest BCUT2D eigenvalue weighted by Crippen LogP contribution is 2.25. The summed E-state index contributed by atoms with van der Waals surface area (Å²) in [6.45, 7) is 2.44. The van der Waals surface area contributed by atoms with E-state index in [1.54, 1.807) is 0 Å². The molecule has 0 aromatic rings. The van der Waals surface area contributed by atoms with Gasteiger partial charge in [-0.25, -0.2) is 0 Å². The van der Waals surface area contributed by atoms with Crippen LogP contribution in [0.2, 0.25) is 0 Å². The minimum absolute atomic E-state index is 0.423. The van der Waals surface area contributed by atoms with E-state index in [-0.39, 0.29) is 0 Å². The number of hydrogen-bond donors (Lipinski definition) is 0. The van der Waals surface area contributed by atoms with Crippen molar-refractivity contribution < 1.29 is 0 Å². The van der Waals surface area contributed by atoms with Crippen LogP contribution in [0.5, 0.6) is 0 Å². The van der Waals surface area contributed by atoms with Gasteiger partial charge in [-0.2, -0.15) is 0 Å². The number of halogens is 1. The molecule has 0 N–H and O–H groups in total. The Labute approximate surface area is 92.8 Å². The first kappa shape index (κ1) is 10.8. The highest BCUT2D eigenvalue weighted by atomic mass is 35.5. The summed E-state index contributed by atoms with van der Waals surface area (Å²) in [6, 6.07) is 0.860. The molecule has 1 aliphatic carbocycles. The highest BCUT2D eigenvalue weighted by molar-refractivity contribution is 6.20. The predicted octanol–water partition coefficient (Wildman–Crippen LogP) is 3.41. The summed E-state index contributed by atoms with van der Waals surface area (Å²) >= 11 is 6.23. The quantitative estimate of drug-likeness (QED) is 0.479. The third-order valence-corrected chi connectivity index (χ3v) is 4.09. The molecular weight excluding hydrogens is 194 g/mol. The van der Waals surface area contributed by atoms with Gasteiger partial charge < -0.3 is 0 Å². The first-order chi connectivity index (χ1) is 6.86. The Morgan fingerprint density at radius 1 is 0.857 bits per heavy atom. The van der Waals surface area contributed by atoms with Crippen LogP contribution >= 0.6 is 11.6 Å². The van der Waals surface area contributed by atoms with E-state index in [9.17, 15) is 0 Å². The van der Waals surface area contributed by atoms with E-state index < -0.39 is 0 Å². The molecule has 1 heterocycles. The van der Waals surface area contributed by atoms with Crippen LogP contribution in [0.1, 0.15) is 51.4 Å². The molecule has 2 fully saturated rings. The Morgan fingerprint density at radius 3 is 2.21 bits per heavy atom. The minimum Gasteiger partial charge on any atom is -0.299 e.